The molecule has 0 atom stereocenters. The molecule has 1 aliphatic heterocycles. The Morgan fingerprint density at radius 1 is 1.11 bits per heavy atom. The van der Waals surface area contributed by atoms with E-state index in [4.69, 9.17) is 9.47 Å². The Balaban J connectivity index is 1.91. The average molecular weight is 261 g/mol. The number of fused-ring (bicyclic) bond motifs is 1. The van der Waals surface area contributed by atoms with Gasteiger partial charge in [0.05, 0.1) is 0 Å². The standard InChI is InChI=1S/C14H15NO2S/c1-15-8-12-6-11(9-18-12)10-2-3-13-14(7-10)17-5-4-16-13/h2-3,6-7,9,15H,4-5,8H2,1H3. The minimum Gasteiger partial charge on any atom is -0.486 e. The molecule has 2 aromatic rings. The first-order valence-electron chi connectivity index (χ1n) is 5.99. The van der Waals surface area contributed by atoms with Crippen molar-refractivity contribution in [3.05, 3.63) is 34.5 Å². The third-order valence-corrected chi connectivity index (χ3v) is 3.82. The van der Waals surface area contributed by atoms with Crippen LogP contribution < -0.4 is 14.8 Å². The SMILES string of the molecule is CNCc1cc(-c2ccc3c(c2)OCCO3)cs1. The van der Waals surface area contributed by atoms with Crippen molar-refractivity contribution in [2.75, 3.05) is 20.3 Å². The molecule has 3 rings (SSSR count). The van der Waals surface area contributed by atoms with Gasteiger partial charge in [0.2, 0.25) is 0 Å². The van der Waals surface area contributed by atoms with Crippen LogP contribution in [0.15, 0.2) is 29.6 Å². The quantitative estimate of drug-likeness (QED) is 0.921. The zero-order chi connectivity index (χ0) is 12.4. The molecule has 1 aliphatic rings. The van der Waals surface area contributed by atoms with Crippen LogP contribution in [0.5, 0.6) is 11.5 Å². The fourth-order valence-corrected chi connectivity index (χ4v) is 2.93. The first-order valence-corrected chi connectivity index (χ1v) is 6.87. The van der Waals surface area contributed by atoms with Gasteiger partial charge in [0.15, 0.2) is 11.5 Å². The predicted octanol–water partition coefficient (Wildman–Crippen LogP) is 2.91. The molecule has 0 unspecified atom stereocenters. The van der Waals surface area contributed by atoms with Gasteiger partial charge in [-0.3, -0.25) is 0 Å². The van der Waals surface area contributed by atoms with E-state index in [0.717, 1.165) is 18.0 Å². The normalized spacial score (nSPS) is 13.6. The highest BCUT2D eigenvalue weighted by Crippen LogP contribution is 2.35. The topological polar surface area (TPSA) is 30.5 Å². The van der Waals surface area contributed by atoms with Crippen LogP contribution in [0.3, 0.4) is 0 Å². The van der Waals surface area contributed by atoms with Crippen molar-refractivity contribution in [1.29, 1.82) is 0 Å². The third kappa shape index (κ3) is 2.21. The van der Waals surface area contributed by atoms with Gasteiger partial charge in [-0.2, -0.15) is 0 Å². The van der Waals surface area contributed by atoms with Crippen LogP contribution in [0.4, 0.5) is 0 Å². The van der Waals surface area contributed by atoms with Gasteiger partial charge in [-0.1, -0.05) is 6.07 Å². The molecule has 0 bridgehead atoms. The Hall–Kier alpha value is -1.52. The van der Waals surface area contributed by atoms with Crippen molar-refractivity contribution in [2.24, 2.45) is 0 Å². The first-order chi connectivity index (χ1) is 8.86. The number of thiophene rings is 1. The molecule has 0 aliphatic carbocycles. The Kier molecular flexibility index (Phi) is 3.21. The third-order valence-electron chi connectivity index (χ3n) is 2.88. The number of benzene rings is 1. The summed E-state index contributed by atoms with van der Waals surface area (Å²) in [6.45, 7) is 2.18. The smallest absolute Gasteiger partial charge is 0.161 e. The van der Waals surface area contributed by atoms with Crippen LogP contribution in [0.2, 0.25) is 0 Å². The molecule has 3 nitrogen and oxygen atoms in total. The van der Waals surface area contributed by atoms with Gasteiger partial charge in [0.25, 0.3) is 0 Å². The van der Waals surface area contributed by atoms with E-state index < -0.39 is 0 Å². The van der Waals surface area contributed by atoms with Crippen molar-refractivity contribution in [3.63, 3.8) is 0 Å². The van der Waals surface area contributed by atoms with E-state index in [1.165, 1.54) is 16.0 Å². The van der Waals surface area contributed by atoms with Gasteiger partial charge in [0.1, 0.15) is 13.2 Å². The van der Waals surface area contributed by atoms with Crippen LogP contribution in [0.25, 0.3) is 11.1 Å². The van der Waals surface area contributed by atoms with E-state index in [1.54, 1.807) is 11.3 Å². The van der Waals surface area contributed by atoms with E-state index in [0.29, 0.717) is 13.2 Å². The number of ether oxygens (including phenoxy) is 2. The van der Waals surface area contributed by atoms with Crippen LogP contribution in [0.1, 0.15) is 4.88 Å². The minimum atomic E-state index is 0.630. The zero-order valence-electron chi connectivity index (χ0n) is 10.2. The second-order valence-corrected chi connectivity index (χ2v) is 5.19. The second kappa shape index (κ2) is 5.00. The minimum absolute atomic E-state index is 0.630. The number of hydrogen-bond acceptors (Lipinski definition) is 4. The van der Waals surface area contributed by atoms with E-state index in [-0.39, 0.29) is 0 Å². The highest BCUT2D eigenvalue weighted by Gasteiger charge is 2.12. The van der Waals surface area contributed by atoms with Crippen molar-refractivity contribution in [2.45, 2.75) is 6.54 Å². The highest BCUT2D eigenvalue weighted by atomic mass is 32.1. The molecule has 0 fully saturated rings. The van der Waals surface area contributed by atoms with Crippen molar-refractivity contribution in [3.8, 4) is 22.6 Å². The summed E-state index contributed by atoms with van der Waals surface area (Å²) in [5.41, 5.74) is 2.42. The second-order valence-electron chi connectivity index (χ2n) is 4.19. The molecule has 0 amide bonds. The summed E-state index contributed by atoms with van der Waals surface area (Å²) in [4.78, 5) is 1.34. The molecule has 0 saturated heterocycles. The Morgan fingerprint density at radius 2 is 1.94 bits per heavy atom. The first kappa shape index (κ1) is 11.6. The molecule has 94 valence electrons. The van der Waals surface area contributed by atoms with E-state index in [2.05, 4.69) is 28.9 Å². The summed E-state index contributed by atoms with van der Waals surface area (Å²) in [5.74, 6) is 1.69. The van der Waals surface area contributed by atoms with Crippen LogP contribution in [-0.2, 0) is 6.54 Å². The van der Waals surface area contributed by atoms with Crippen molar-refractivity contribution >= 4 is 11.3 Å². The van der Waals surface area contributed by atoms with E-state index >= 15 is 0 Å². The fourth-order valence-electron chi connectivity index (χ4n) is 2.02. The maximum atomic E-state index is 5.61. The molecule has 0 spiro atoms. The van der Waals surface area contributed by atoms with Gasteiger partial charge in [-0.05, 0) is 41.8 Å². The molecular weight excluding hydrogens is 246 g/mol. The number of hydrogen-bond donors (Lipinski definition) is 1. The lowest BCUT2D eigenvalue weighted by Gasteiger charge is -2.18. The Labute approximate surface area is 110 Å². The molecule has 0 saturated carbocycles. The van der Waals surface area contributed by atoms with Gasteiger partial charge in [-0.15, -0.1) is 11.3 Å². The summed E-state index contributed by atoms with van der Waals surface area (Å²) in [6, 6.07) is 8.34. The zero-order valence-corrected chi connectivity index (χ0v) is 11.0. The van der Waals surface area contributed by atoms with Crippen molar-refractivity contribution in [1.82, 2.24) is 5.32 Å². The summed E-state index contributed by atoms with van der Waals surface area (Å²) in [6.07, 6.45) is 0. The molecule has 1 aromatic carbocycles. The summed E-state index contributed by atoms with van der Waals surface area (Å²) in [5, 5.41) is 5.34. The van der Waals surface area contributed by atoms with Crippen LogP contribution in [0, 0.1) is 0 Å². The average Bonchev–Trinajstić information content (AvgIpc) is 2.87. The lowest BCUT2D eigenvalue weighted by molar-refractivity contribution is 0.171. The molecule has 18 heavy (non-hydrogen) atoms. The van der Waals surface area contributed by atoms with Crippen LogP contribution >= 0.6 is 11.3 Å². The van der Waals surface area contributed by atoms with Gasteiger partial charge >= 0.3 is 0 Å². The molecule has 2 heterocycles. The summed E-state index contributed by atoms with van der Waals surface area (Å²) >= 11 is 1.77. The highest BCUT2D eigenvalue weighted by molar-refractivity contribution is 7.10. The van der Waals surface area contributed by atoms with E-state index in [9.17, 15) is 0 Å². The van der Waals surface area contributed by atoms with Gasteiger partial charge in [0, 0.05) is 11.4 Å². The lowest BCUT2D eigenvalue weighted by Crippen LogP contribution is -2.15. The molecular formula is C14H15NO2S. The Bertz CT molecular complexity index is 550. The van der Waals surface area contributed by atoms with Gasteiger partial charge in [-0.25, -0.2) is 0 Å². The number of rotatable bonds is 3. The Morgan fingerprint density at radius 3 is 2.78 bits per heavy atom. The maximum Gasteiger partial charge on any atom is 0.161 e. The van der Waals surface area contributed by atoms with Gasteiger partial charge < -0.3 is 14.8 Å². The maximum absolute atomic E-state index is 5.61. The lowest BCUT2D eigenvalue weighted by atomic mass is 10.1. The molecule has 1 aromatic heterocycles. The summed E-state index contributed by atoms with van der Waals surface area (Å²) < 4.78 is 11.1. The predicted molar refractivity (Wildman–Crippen MR) is 73.5 cm³/mol. The fraction of sp³-hybridized carbons (Fsp3) is 0.286. The largest absolute Gasteiger partial charge is 0.486 e. The summed E-state index contributed by atoms with van der Waals surface area (Å²) in [7, 11) is 1.96. The molecule has 1 N–H and O–H groups in total. The van der Waals surface area contributed by atoms with Crippen LogP contribution in [-0.4, -0.2) is 20.3 Å². The molecule has 0 radical (unpaired) electrons. The van der Waals surface area contributed by atoms with E-state index in [1.807, 2.05) is 13.1 Å². The molecule has 4 heteroatoms. The van der Waals surface area contributed by atoms with Crippen molar-refractivity contribution < 1.29 is 9.47 Å². The number of nitrogens with one attached hydrogen (secondary N) is 1. The monoisotopic (exact) mass is 261 g/mol.